The van der Waals surface area contributed by atoms with Crippen LogP contribution < -0.4 is 20.7 Å². The maximum Gasteiger partial charge on any atom is 0.254 e. The minimum absolute atomic E-state index is 0.245. The van der Waals surface area contributed by atoms with Crippen LogP contribution >= 0.6 is 0 Å². The van der Waals surface area contributed by atoms with Gasteiger partial charge >= 0.3 is 0 Å². The standard InChI is InChI=1S/C39H39N3O4/c1-3-9-33(37(40)43)34(23-25-16-17-25)38(44)41-36-32-14-5-4-12-30(32)31-13-6-7-15-35(31)42(39(36)45)24-26-10-8-11-28(22-26)27-18-20-29(46-2)21-19-27/h3-8,10-15,18-22,25,33-34,36H,1,9,16-17,23-24H2,2H3,(H2,40,43)(H,41,44). The number of carbonyl (C=O) groups is 3. The summed E-state index contributed by atoms with van der Waals surface area (Å²) in [6.07, 6.45) is 4.53. The first-order valence-corrected chi connectivity index (χ1v) is 15.8. The Morgan fingerprint density at radius 2 is 1.65 bits per heavy atom. The van der Waals surface area contributed by atoms with E-state index in [1.54, 1.807) is 18.1 Å². The smallest absolute Gasteiger partial charge is 0.254 e. The summed E-state index contributed by atoms with van der Waals surface area (Å²) in [5.74, 6) is -1.29. The number of anilines is 1. The number of primary amides is 1. The van der Waals surface area contributed by atoms with Gasteiger partial charge in [0, 0.05) is 5.56 Å². The number of ether oxygens (including phenoxy) is 1. The Labute approximate surface area is 270 Å². The van der Waals surface area contributed by atoms with Crippen LogP contribution in [0.4, 0.5) is 5.69 Å². The molecule has 3 atom stereocenters. The second kappa shape index (κ2) is 13.4. The normalized spacial score (nSPS) is 16.8. The number of para-hydroxylation sites is 1. The minimum atomic E-state index is -0.958. The van der Waals surface area contributed by atoms with Crippen molar-refractivity contribution < 1.29 is 19.1 Å². The van der Waals surface area contributed by atoms with E-state index in [1.807, 2.05) is 91.0 Å². The van der Waals surface area contributed by atoms with Crippen molar-refractivity contribution in [2.75, 3.05) is 12.0 Å². The molecule has 46 heavy (non-hydrogen) atoms. The fraction of sp³-hybridized carbons (Fsp3) is 0.256. The number of methoxy groups -OCH3 is 1. The van der Waals surface area contributed by atoms with E-state index in [0.29, 0.717) is 30.9 Å². The predicted octanol–water partition coefficient (Wildman–Crippen LogP) is 6.83. The quantitative estimate of drug-likeness (QED) is 0.171. The van der Waals surface area contributed by atoms with Gasteiger partial charge in [-0.25, -0.2) is 0 Å². The SMILES string of the molecule is C=CCC(C(N)=O)C(CC1CC1)C(=O)NC1C(=O)N(Cc2cccc(-c3ccc(OC)cc3)c2)c2ccccc2-c2ccccc21. The van der Waals surface area contributed by atoms with E-state index in [0.717, 1.165) is 52.1 Å². The second-order valence-electron chi connectivity index (χ2n) is 12.2. The molecule has 3 amide bonds. The molecule has 2 aliphatic rings. The molecule has 3 unspecified atom stereocenters. The van der Waals surface area contributed by atoms with E-state index < -0.39 is 23.8 Å². The zero-order valence-corrected chi connectivity index (χ0v) is 26.0. The fourth-order valence-electron chi connectivity index (χ4n) is 6.53. The average molecular weight is 614 g/mol. The third-order valence-electron chi connectivity index (χ3n) is 9.14. The Morgan fingerprint density at radius 1 is 0.935 bits per heavy atom. The highest BCUT2D eigenvalue weighted by molar-refractivity contribution is 6.06. The maximum atomic E-state index is 14.7. The molecule has 234 valence electrons. The second-order valence-corrected chi connectivity index (χ2v) is 12.2. The van der Waals surface area contributed by atoms with Gasteiger partial charge in [-0.3, -0.25) is 14.4 Å². The number of hydrogen-bond acceptors (Lipinski definition) is 4. The highest BCUT2D eigenvalue weighted by Crippen LogP contribution is 2.42. The van der Waals surface area contributed by atoms with Crippen LogP contribution in [-0.2, 0) is 20.9 Å². The molecule has 0 bridgehead atoms. The average Bonchev–Trinajstić information content (AvgIpc) is 3.92. The fourth-order valence-corrected chi connectivity index (χ4v) is 6.53. The topological polar surface area (TPSA) is 102 Å². The summed E-state index contributed by atoms with van der Waals surface area (Å²) in [6, 6.07) is 30.6. The number of rotatable bonds is 12. The number of benzene rings is 4. The summed E-state index contributed by atoms with van der Waals surface area (Å²) < 4.78 is 5.32. The Morgan fingerprint density at radius 3 is 2.35 bits per heavy atom. The molecule has 7 heteroatoms. The van der Waals surface area contributed by atoms with Crippen LogP contribution in [0.25, 0.3) is 22.3 Å². The molecular formula is C39H39N3O4. The third kappa shape index (κ3) is 6.45. The van der Waals surface area contributed by atoms with E-state index in [1.165, 1.54) is 0 Å². The lowest BCUT2D eigenvalue weighted by atomic mass is 9.83. The van der Waals surface area contributed by atoms with Crippen molar-refractivity contribution in [3.05, 3.63) is 121 Å². The summed E-state index contributed by atoms with van der Waals surface area (Å²) in [4.78, 5) is 43.1. The van der Waals surface area contributed by atoms with E-state index in [2.05, 4.69) is 18.0 Å². The van der Waals surface area contributed by atoms with Crippen LogP contribution in [0, 0.1) is 17.8 Å². The largest absolute Gasteiger partial charge is 0.497 e. The summed E-state index contributed by atoms with van der Waals surface area (Å²) >= 11 is 0. The lowest BCUT2D eigenvalue weighted by Crippen LogP contribution is -2.46. The van der Waals surface area contributed by atoms with Gasteiger partial charge in [-0.2, -0.15) is 0 Å². The van der Waals surface area contributed by atoms with Crippen LogP contribution in [0.15, 0.2) is 110 Å². The highest BCUT2D eigenvalue weighted by Gasteiger charge is 2.40. The molecule has 1 saturated carbocycles. The Balaban J connectivity index is 1.37. The molecule has 1 fully saturated rings. The van der Waals surface area contributed by atoms with Crippen molar-refractivity contribution in [3.63, 3.8) is 0 Å². The molecule has 4 aromatic carbocycles. The van der Waals surface area contributed by atoms with Crippen molar-refractivity contribution in [1.82, 2.24) is 5.32 Å². The molecule has 0 aromatic heterocycles. The monoisotopic (exact) mass is 613 g/mol. The molecular weight excluding hydrogens is 574 g/mol. The highest BCUT2D eigenvalue weighted by atomic mass is 16.5. The van der Waals surface area contributed by atoms with Crippen LogP contribution in [0.5, 0.6) is 5.75 Å². The van der Waals surface area contributed by atoms with Crippen LogP contribution in [-0.4, -0.2) is 24.8 Å². The molecule has 6 rings (SSSR count). The molecule has 0 radical (unpaired) electrons. The lowest BCUT2D eigenvalue weighted by molar-refractivity contribution is -0.135. The number of hydrogen-bond donors (Lipinski definition) is 2. The number of nitrogens with one attached hydrogen (secondary N) is 1. The van der Waals surface area contributed by atoms with Gasteiger partial charge in [0.15, 0.2) is 0 Å². The molecule has 4 aromatic rings. The summed E-state index contributed by atoms with van der Waals surface area (Å²) in [5.41, 5.74) is 12.1. The van der Waals surface area contributed by atoms with E-state index in [4.69, 9.17) is 10.5 Å². The molecule has 1 aliphatic carbocycles. The van der Waals surface area contributed by atoms with Gasteiger partial charge in [-0.15, -0.1) is 6.58 Å². The first kappa shape index (κ1) is 30.8. The van der Waals surface area contributed by atoms with Crippen molar-refractivity contribution in [2.24, 2.45) is 23.5 Å². The van der Waals surface area contributed by atoms with Gasteiger partial charge in [-0.05, 0) is 70.8 Å². The zero-order chi connectivity index (χ0) is 32.2. The minimum Gasteiger partial charge on any atom is -0.497 e. The third-order valence-corrected chi connectivity index (χ3v) is 9.14. The van der Waals surface area contributed by atoms with Gasteiger partial charge < -0.3 is 20.7 Å². The number of fused-ring (bicyclic) bond motifs is 3. The number of amides is 3. The summed E-state index contributed by atoms with van der Waals surface area (Å²) in [5, 5.41) is 3.11. The molecule has 0 saturated heterocycles. The number of carbonyl (C=O) groups excluding carboxylic acids is 3. The number of nitrogens with two attached hydrogens (primary N) is 1. The molecule has 1 aliphatic heterocycles. The van der Waals surface area contributed by atoms with Gasteiger partial charge in [0.1, 0.15) is 11.8 Å². The molecule has 3 N–H and O–H groups in total. The van der Waals surface area contributed by atoms with Gasteiger partial charge in [0.05, 0.1) is 31.2 Å². The van der Waals surface area contributed by atoms with Gasteiger partial charge in [-0.1, -0.05) is 91.7 Å². The Bertz CT molecular complexity index is 1760. The molecule has 0 spiro atoms. The zero-order valence-electron chi connectivity index (χ0n) is 26.0. The first-order valence-electron chi connectivity index (χ1n) is 15.8. The summed E-state index contributed by atoms with van der Waals surface area (Å²) in [6.45, 7) is 4.09. The van der Waals surface area contributed by atoms with E-state index >= 15 is 0 Å². The first-order chi connectivity index (χ1) is 22.4. The predicted molar refractivity (Wildman–Crippen MR) is 181 cm³/mol. The maximum absolute atomic E-state index is 14.7. The van der Waals surface area contributed by atoms with E-state index in [9.17, 15) is 14.4 Å². The van der Waals surface area contributed by atoms with Crippen LogP contribution in [0.2, 0.25) is 0 Å². The van der Waals surface area contributed by atoms with Crippen molar-refractivity contribution in [2.45, 2.75) is 38.3 Å². The Kier molecular flexibility index (Phi) is 9.01. The van der Waals surface area contributed by atoms with E-state index in [-0.39, 0.29) is 11.8 Å². The van der Waals surface area contributed by atoms with Gasteiger partial charge in [0.25, 0.3) is 5.91 Å². The number of nitrogens with zero attached hydrogens (tertiary/aromatic N) is 1. The van der Waals surface area contributed by atoms with Crippen molar-refractivity contribution in [1.29, 1.82) is 0 Å². The van der Waals surface area contributed by atoms with Crippen LogP contribution in [0.3, 0.4) is 0 Å². The Hall–Kier alpha value is -5.17. The van der Waals surface area contributed by atoms with Crippen molar-refractivity contribution >= 4 is 23.4 Å². The van der Waals surface area contributed by atoms with Gasteiger partial charge in [0.2, 0.25) is 11.8 Å². The number of allylic oxidation sites excluding steroid dienone is 1. The van der Waals surface area contributed by atoms with Crippen LogP contribution in [0.1, 0.15) is 42.9 Å². The van der Waals surface area contributed by atoms with Crippen molar-refractivity contribution in [3.8, 4) is 28.0 Å². The molecule has 1 heterocycles. The molecule has 7 nitrogen and oxygen atoms in total. The summed E-state index contributed by atoms with van der Waals surface area (Å²) in [7, 11) is 1.64. The lowest BCUT2D eigenvalue weighted by Gasteiger charge is -2.29.